The van der Waals surface area contributed by atoms with Gasteiger partial charge in [0, 0.05) is 4.75 Å². The van der Waals surface area contributed by atoms with E-state index in [1.165, 1.54) is 25.0 Å². The smallest absolute Gasteiger partial charge is 0.0178 e. The van der Waals surface area contributed by atoms with E-state index in [9.17, 15) is 0 Å². The molecule has 1 heterocycles. The number of rotatable bonds is 0. The fraction of sp³-hybridized carbons (Fsp3) is 1.00. The van der Waals surface area contributed by atoms with E-state index in [-0.39, 0.29) is 0 Å². The molecule has 0 aromatic heterocycles. The Kier molecular flexibility index (Phi) is 1.01. The third-order valence-corrected chi connectivity index (χ3v) is 4.08. The molecule has 1 aliphatic heterocycles. The number of hydrogen-bond acceptors (Lipinski definition) is 1. The van der Waals surface area contributed by atoms with Gasteiger partial charge in [0.25, 0.3) is 0 Å². The van der Waals surface area contributed by atoms with Crippen molar-refractivity contribution in [3.8, 4) is 0 Å². The topological polar surface area (TPSA) is 0 Å². The van der Waals surface area contributed by atoms with Crippen molar-refractivity contribution in [2.75, 3.05) is 5.75 Å². The van der Waals surface area contributed by atoms with Crippen LogP contribution in [-0.2, 0) is 0 Å². The van der Waals surface area contributed by atoms with Crippen LogP contribution in [0.5, 0.6) is 0 Å². The summed E-state index contributed by atoms with van der Waals surface area (Å²) < 4.78 is 0.795. The van der Waals surface area contributed by atoms with Crippen molar-refractivity contribution in [1.29, 1.82) is 0 Å². The first-order valence-electron chi connectivity index (χ1n) is 3.76. The van der Waals surface area contributed by atoms with Crippen LogP contribution >= 0.6 is 11.8 Å². The molecule has 2 fully saturated rings. The Bertz CT molecular complexity index is 124. The van der Waals surface area contributed by atoms with Crippen molar-refractivity contribution in [3.63, 3.8) is 0 Å². The van der Waals surface area contributed by atoms with Crippen LogP contribution < -0.4 is 0 Å². The highest BCUT2D eigenvalue weighted by Crippen LogP contribution is 2.62. The SMILES string of the molecule is CC1(C)CC2(CCS2)C1. The van der Waals surface area contributed by atoms with Gasteiger partial charge in [-0.05, 0) is 30.4 Å². The molecule has 0 radical (unpaired) electrons. The molecule has 52 valence electrons. The maximum Gasteiger partial charge on any atom is 0.0178 e. The van der Waals surface area contributed by atoms with Gasteiger partial charge in [0.05, 0.1) is 0 Å². The molecule has 0 nitrogen and oxygen atoms in total. The van der Waals surface area contributed by atoms with Crippen LogP contribution in [0.15, 0.2) is 0 Å². The second-order valence-electron chi connectivity index (χ2n) is 4.30. The lowest BCUT2D eigenvalue weighted by molar-refractivity contribution is 0.115. The van der Waals surface area contributed by atoms with Crippen LogP contribution in [0.2, 0.25) is 0 Å². The van der Waals surface area contributed by atoms with Crippen molar-refractivity contribution in [2.45, 2.75) is 37.9 Å². The van der Waals surface area contributed by atoms with E-state index in [2.05, 4.69) is 25.6 Å². The lowest BCUT2D eigenvalue weighted by Gasteiger charge is -2.58. The van der Waals surface area contributed by atoms with Crippen molar-refractivity contribution in [2.24, 2.45) is 5.41 Å². The molecule has 0 amide bonds. The molecule has 9 heavy (non-hydrogen) atoms. The van der Waals surface area contributed by atoms with E-state index < -0.39 is 0 Å². The van der Waals surface area contributed by atoms with Gasteiger partial charge in [-0.3, -0.25) is 0 Å². The minimum Gasteiger partial charge on any atom is -0.155 e. The number of thioether (sulfide) groups is 1. The average molecular weight is 142 g/mol. The van der Waals surface area contributed by atoms with Gasteiger partial charge in [-0.25, -0.2) is 0 Å². The summed E-state index contributed by atoms with van der Waals surface area (Å²) >= 11 is 2.20. The predicted molar refractivity (Wildman–Crippen MR) is 42.8 cm³/mol. The molecule has 1 aliphatic carbocycles. The van der Waals surface area contributed by atoms with Crippen molar-refractivity contribution in [1.82, 2.24) is 0 Å². The molecule has 1 heteroatoms. The van der Waals surface area contributed by atoms with E-state index in [1.54, 1.807) is 0 Å². The minimum absolute atomic E-state index is 0.688. The van der Waals surface area contributed by atoms with Crippen LogP contribution in [0.1, 0.15) is 33.1 Å². The van der Waals surface area contributed by atoms with Crippen LogP contribution in [0.3, 0.4) is 0 Å². The molecule has 1 saturated heterocycles. The quantitative estimate of drug-likeness (QED) is 0.501. The summed E-state index contributed by atoms with van der Waals surface area (Å²) in [7, 11) is 0. The largest absolute Gasteiger partial charge is 0.155 e. The summed E-state index contributed by atoms with van der Waals surface area (Å²) in [6, 6.07) is 0. The van der Waals surface area contributed by atoms with Gasteiger partial charge in [-0.2, -0.15) is 11.8 Å². The Hall–Kier alpha value is 0.350. The summed E-state index contributed by atoms with van der Waals surface area (Å²) in [6.07, 6.45) is 4.45. The first-order chi connectivity index (χ1) is 4.12. The highest BCUT2D eigenvalue weighted by atomic mass is 32.2. The average Bonchev–Trinajstić information content (AvgIpc) is 1.54. The van der Waals surface area contributed by atoms with E-state index in [0.29, 0.717) is 5.41 Å². The summed E-state index contributed by atoms with van der Waals surface area (Å²) in [5.41, 5.74) is 0.688. The second kappa shape index (κ2) is 1.50. The molecule has 0 aromatic rings. The third kappa shape index (κ3) is 0.813. The standard InChI is InChI=1S/C8H14S/c1-7(2)5-8(6-7)3-4-9-8/h3-6H2,1-2H3. The second-order valence-corrected chi connectivity index (χ2v) is 5.86. The minimum atomic E-state index is 0.688. The van der Waals surface area contributed by atoms with Gasteiger partial charge in [-0.1, -0.05) is 13.8 Å². The highest BCUT2D eigenvalue weighted by molar-refractivity contribution is 8.02. The van der Waals surface area contributed by atoms with E-state index in [0.717, 1.165) is 4.75 Å². The van der Waals surface area contributed by atoms with Crippen LogP contribution in [-0.4, -0.2) is 10.5 Å². The fourth-order valence-electron chi connectivity index (χ4n) is 2.36. The number of hydrogen-bond donors (Lipinski definition) is 0. The molecule has 1 spiro atoms. The van der Waals surface area contributed by atoms with Crippen LogP contribution in [0.25, 0.3) is 0 Å². The van der Waals surface area contributed by atoms with Crippen molar-refractivity contribution >= 4 is 11.8 Å². The zero-order chi connectivity index (χ0) is 6.54. The predicted octanol–water partition coefficient (Wildman–Crippen LogP) is 2.68. The van der Waals surface area contributed by atoms with Crippen molar-refractivity contribution < 1.29 is 0 Å². The molecule has 0 aromatic carbocycles. The van der Waals surface area contributed by atoms with Crippen LogP contribution in [0, 0.1) is 5.41 Å². The Morgan fingerprint density at radius 1 is 1.22 bits per heavy atom. The molecule has 1 saturated carbocycles. The molecule has 2 aliphatic rings. The Morgan fingerprint density at radius 2 is 1.78 bits per heavy atom. The normalized spacial score (nSPS) is 35.3. The summed E-state index contributed by atoms with van der Waals surface area (Å²) in [5.74, 6) is 1.43. The van der Waals surface area contributed by atoms with Gasteiger partial charge in [-0.15, -0.1) is 0 Å². The summed E-state index contributed by atoms with van der Waals surface area (Å²) in [5, 5.41) is 0. The zero-order valence-electron chi connectivity index (χ0n) is 6.24. The monoisotopic (exact) mass is 142 g/mol. The molecular weight excluding hydrogens is 128 g/mol. The summed E-state index contributed by atoms with van der Waals surface area (Å²) in [6.45, 7) is 4.77. The molecule has 0 bridgehead atoms. The third-order valence-electron chi connectivity index (χ3n) is 2.57. The summed E-state index contributed by atoms with van der Waals surface area (Å²) in [4.78, 5) is 0. The lowest BCUT2D eigenvalue weighted by atomic mass is 9.62. The van der Waals surface area contributed by atoms with Gasteiger partial charge in [0.2, 0.25) is 0 Å². The Balaban J connectivity index is 1.96. The van der Waals surface area contributed by atoms with Crippen molar-refractivity contribution in [3.05, 3.63) is 0 Å². The Morgan fingerprint density at radius 3 is 1.89 bits per heavy atom. The van der Waals surface area contributed by atoms with E-state index >= 15 is 0 Å². The molecule has 2 rings (SSSR count). The molecular formula is C8H14S. The maximum atomic E-state index is 2.39. The molecule has 0 atom stereocenters. The Labute approximate surface area is 61.4 Å². The highest BCUT2D eigenvalue weighted by Gasteiger charge is 2.52. The maximum absolute atomic E-state index is 2.39. The first kappa shape index (κ1) is 6.09. The molecule has 0 N–H and O–H groups in total. The van der Waals surface area contributed by atoms with Gasteiger partial charge < -0.3 is 0 Å². The zero-order valence-corrected chi connectivity index (χ0v) is 7.05. The van der Waals surface area contributed by atoms with Gasteiger partial charge >= 0.3 is 0 Å². The van der Waals surface area contributed by atoms with Gasteiger partial charge in [0.15, 0.2) is 0 Å². The van der Waals surface area contributed by atoms with E-state index in [4.69, 9.17) is 0 Å². The fourth-order valence-corrected chi connectivity index (χ4v) is 4.13. The van der Waals surface area contributed by atoms with Crippen LogP contribution in [0.4, 0.5) is 0 Å². The van der Waals surface area contributed by atoms with E-state index in [1.807, 2.05) is 0 Å². The lowest BCUT2D eigenvalue weighted by Crippen LogP contribution is -2.51. The van der Waals surface area contributed by atoms with Gasteiger partial charge in [0.1, 0.15) is 0 Å². The molecule has 0 unspecified atom stereocenters. The first-order valence-corrected chi connectivity index (χ1v) is 4.75.